The lowest BCUT2D eigenvalue weighted by Crippen LogP contribution is -2.57. The summed E-state index contributed by atoms with van der Waals surface area (Å²) >= 11 is 5.86. The number of amides is 2. The van der Waals surface area contributed by atoms with E-state index in [4.69, 9.17) is 22.1 Å². The topological polar surface area (TPSA) is 120 Å². The van der Waals surface area contributed by atoms with E-state index >= 15 is 0 Å². The molecule has 0 spiro atoms. The number of halogens is 2. The van der Waals surface area contributed by atoms with E-state index in [1.807, 2.05) is 6.92 Å². The molecular weight excluding hydrogens is 501 g/mol. The predicted molar refractivity (Wildman–Crippen MR) is 136 cm³/mol. The molecule has 3 N–H and O–H groups in total. The van der Waals surface area contributed by atoms with Gasteiger partial charge in [-0.2, -0.15) is 5.10 Å². The highest BCUT2D eigenvalue weighted by molar-refractivity contribution is 6.30. The molecule has 1 aromatic heterocycles. The lowest BCUT2D eigenvalue weighted by Gasteiger charge is -2.45. The molecule has 2 amide bonds. The first-order valence-electron chi connectivity index (χ1n) is 12.0. The Labute approximate surface area is 218 Å². The molecule has 0 aliphatic carbocycles. The van der Waals surface area contributed by atoms with Crippen molar-refractivity contribution in [1.29, 1.82) is 0 Å². The number of carbonyl (C=O) groups is 3. The molecule has 0 saturated carbocycles. The van der Waals surface area contributed by atoms with Gasteiger partial charge in [0.2, 0.25) is 5.91 Å². The molecule has 1 atom stereocenters. The van der Waals surface area contributed by atoms with Crippen LogP contribution >= 0.6 is 11.6 Å². The van der Waals surface area contributed by atoms with Gasteiger partial charge in [0.1, 0.15) is 18.6 Å². The van der Waals surface area contributed by atoms with Gasteiger partial charge in [0.25, 0.3) is 5.91 Å². The maximum atomic E-state index is 14.3. The van der Waals surface area contributed by atoms with Crippen molar-refractivity contribution in [3.05, 3.63) is 64.6 Å². The number of fused-ring (bicyclic) bond motifs is 1. The quantitative estimate of drug-likeness (QED) is 0.348. The summed E-state index contributed by atoms with van der Waals surface area (Å²) < 4.78 is 21.1. The summed E-state index contributed by atoms with van der Waals surface area (Å²) in [4.78, 5) is 39.3. The van der Waals surface area contributed by atoms with E-state index in [-0.39, 0.29) is 41.7 Å². The zero-order chi connectivity index (χ0) is 26.6. The van der Waals surface area contributed by atoms with Crippen molar-refractivity contribution in [1.82, 2.24) is 20.0 Å². The number of nitrogens with two attached hydrogens (primary N) is 1. The molecule has 4 rings (SSSR count). The molecule has 0 radical (unpaired) electrons. The Kier molecular flexibility index (Phi) is 8.21. The molecule has 0 bridgehead atoms. The zero-order valence-corrected chi connectivity index (χ0v) is 21.2. The smallest absolute Gasteiger partial charge is 0.269 e. The maximum Gasteiger partial charge on any atom is 0.269 e. The van der Waals surface area contributed by atoms with Crippen molar-refractivity contribution in [3.8, 4) is 0 Å². The number of benzene rings is 2. The van der Waals surface area contributed by atoms with Crippen LogP contribution in [0.1, 0.15) is 29.4 Å². The van der Waals surface area contributed by atoms with Crippen molar-refractivity contribution >= 4 is 40.6 Å². The van der Waals surface area contributed by atoms with E-state index in [2.05, 4.69) is 10.4 Å². The van der Waals surface area contributed by atoms with Gasteiger partial charge in [-0.25, -0.2) is 4.39 Å². The molecule has 37 heavy (non-hydrogen) atoms. The summed E-state index contributed by atoms with van der Waals surface area (Å²) in [5.74, 6) is -1.57. The average molecular weight is 530 g/mol. The fourth-order valence-electron chi connectivity index (χ4n) is 4.47. The van der Waals surface area contributed by atoms with Gasteiger partial charge in [-0.1, -0.05) is 48.9 Å². The van der Waals surface area contributed by atoms with Crippen LogP contribution in [0, 0.1) is 11.2 Å². The Morgan fingerprint density at radius 3 is 2.70 bits per heavy atom. The Hall–Kier alpha value is -3.34. The van der Waals surface area contributed by atoms with Gasteiger partial charge in [-0.3, -0.25) is 14.3 Å². The van der Waals surface area contributed by atoms with Crippen LogP contribution in [0.4, 0.5) is 4.39 Å². The summed E-state index contributed by atoms with van der Waals surface area (Å²) in [5.41, 5.74) is 6.24. The van der Waals surface area contributed by atoms with Crippen molar-refractivity contribution < 1.29 is 23.5 Å². The SMILES string of the molecule is CCC1(CN(C(=O)Cn2nc(C(N)=O)c3ccccc32)C(C=O)CNCc2cccc(Cl)c2F)COC1. The highest BCUT2D eigenvalue weighted by Gasteiger charge is 2.41. The fourth-order valence-corrected chi connectivity index (χ4v) is 4.66. The summed E-state index contributed by atoms with van der Waals surface area (Å²) in [6.07, 6.45) is 1.47. The number of para-hydroxylation sites is 1. The Balaban J connectivity index is 1.56. The largest absolute Gasteiger partial charge is 0.380 e. The molecule has 1 fully saturated rings. The third-order valence-electron chi connectivity index (χ3n) is 6.83. The summed E-state index contributed by atoms with van der Waals surface area (Å²) in [5, 5.41) is 7.91. The van der Waals surface area contributed by atoms with Crippen molar-refractivity contribution in [2.45, 2.75) is 32.5 Å². The lowest BCUT2D eigenvalue weighted by molar-refractivity contribution is -0.154. The van der Waals surface area contributed by atoms with E-state index in [0.717, 1.165) is 6.42 Å². The second-order valence-electron chi connectivity index (χ2n) is 9.30. The molecule has 196 valence electrons. The van der Waals surface area contributed by atoms with E-state index in [0.29, 0.717) is 42.5 Å². The van der Waals surface area contributed by atoms with Crippen LogP contribution in [0.25, 0.3) is 10.9 Å². The molecule has 1 aliphatic heterocycles. The van der Waals surface area contributed by atoms with Gasteiger partial charge >= 0.3 is 0 Å². The second-order valence-corrected chi connectivity index (χ2v) is 9.71. The summed E-state index contributed by atoms with van der Waals surface area (Å²) in [7, 11) is 0. The summed E-state index contributed by atoms with van der Waals surface area (Å²) in [6, 6.07) is 10.9. The number of primary amides is 1. The third-order valence-corrected chi connectivity index (χ3v) is 7.12. The van der Waals surface area contributed by atoms with E-state index in [1.54, 1.807) is 36.4 Å². The number of rotatable bonds is 12. The molecule has 2 aromatic carbocycles. The Morgan fingerprint density at radius 1 is 1.30 bits per heavy atom. The van der Waals surface area contributed by atoms with Crippen molar-refractivity contribution in [2.24, 2.45) is 11.1 Å². The van der Waals surface area contributed by atoms with E-state index < -0.39 is 17.8 Å². The standard InChI is InChI=1S/C26H29ClFN5O4/c1-2-26(15-37-16-26)14-32(18(13-34)11-30-10-17-6-5-8-20(27)23(17)28)22(35)12-33-21-9-4-3-7-19(21)24(31-33)25(29)36/h3-9,13,18,30H,2,10-12,14-16H2,1H3,(H2,29,36). The fraction of sp³-hybridized carbons (Fsp3) is 0.385. The zero-order valence-electron chi connectivity index (χ0n) is 20.5. The maximum absolute atomic E-state index is 14.3. The van der Waals surface area contributed by atoms with Crippen molar-refractivity contribution in [2.75, 3.05) is 26.3 Å². The monoisotopic (exact) mass is 529 g/mol. The molecule has 1 aliphatic rings. The number of hydrogen-bond acceptors (Lipinski definition) is 6. The van der Waals surface area contributed by atoms with Crippen LogP contribution in [0.3, 0.4) is 0 Å². The van der Waals surface area contributed by atoms with Gasteiger partial charge in [-0.15, -0.1) is 0 Å². The number of ether oxygens (including phenoxy) is 1. The van der Waals surface area contributed by atoms with Gasteiger partial charge in [0, 0.05) is 36.0 Å². The van der Waals surface area contributed by atoms with Crippen LogP contribution in [-0.2, 0) is 27.4 Å². The average Bonchev–Trinajstić information content (AvgIpc) is 3.23. The first-order valence-corrected chi connectivity index (χ1v) is 12.4. The van der Waals surface area contributed by atoms with Crippen LogP contribution in [0.5, 0.6) is 0 Å². The molecule has 3 aromatic rings. The molecule has 11 heteroatoms. The highest BCUT2D eigenvalue weighted by Crippen LogP contribution is 2.33. The Morgan fingerprint density at radius 2 is 2.05 bits per heavy atom. The molecule has 1 saturated heterocycles. The third kappa shape index (κ3) is 5.66. The van der Waals surface area contributed by atoms with E-state index in [9.17, 15) is 18.8 Å². The molecule has 9 nitrogen and oxygen atoms in total. The van der Waals surface area contributed by atoms with Gasteiger partial charge < -0.3 is 25.5 Å². The highest BCUT2D eigenvalue weighted by atomic mass is 35.5. The summed E-state index contributed by atoms with van der Waals surface area (Å²) in [6.45, 7) is 3.33. The minimum absolute atomic E-state index is 0.0136. The molecular formula is C26H29ClFN5O4. The minimum Gasteiger partial charge on any atom is -0.380 e. The number of aromatic nitrogens is 2. The number of hydrogen-bond donors (Lipinski definition) is 2. The number of nitrogens with zero attached hydrogens (tertiary/aromatic N) is 3. The van der Waals surface area contributed by atoms with E-state index in [1.165, 1.54) is 15.6 Å². The van der Waals surface area contributed by atoms with Crippen LogP contribution < -0.4 is 11.1 Å². The van der Waals surface area contributed by atoms with Crippen molar-refractivity contribution in [3.63, 3.8) is 0 Å². The number of nitrogens with one attached hydrogen (secondary N) is 1. The second kappa shape index (κ2) is 11.4. The first-order chi connectivity index (χ1) is 17.8. The lowest BCUT2D eigenvalue weighted by atomic mass is 9.82. The van der Waals surface area contributed by atoms with Crippen LogP contribution in [-0.4, -0.2) is 65.1 Å². The first kappa shape index (κ1) is 26.7. The molecule has 1 unspecified atom stereocenters. The van der Waals surface area contributed by atoms with Gasteiger partial charge in [0.05, 0.1) is 29.8 Å². The number of aldehydes is 1. The van der Waals surface area contributed by atoms with Crippen LogP contribution in [0.2, 0.25) is 5.02 Å². The van der Waals surface area contributed by atoms with Gasteiger partial charge in [0.15, 0.2) is 5.69 Å². The van der Waals surface area contributed by atoms with Gasteiger partial charge in [-0.05, 0) is 18.6 Å². The molecule has 2 heterocycles. The Bertz CT molecular complexity index is 1300. The minimum atomic E-state index is -0.823. The number of carbonyl (C=O) groups excluding carboxylic acids is 3. The van der Waals surface area contributed by atoms with Crippen LogP contribution in [0.15, 0.2) is 42.5 Å². The predicted octanol–water partition coefficient (Wildman–Crippen LogP) is 2.54. The normalized spacial score (nSPS) is 15.2.